The maximum absolute atomic E-state index is 13.4. The summed E-state index contributed by atoms with van der Waals surface area (Å²) >= 11 is 6.18. The van der Waals surface area contributed by atoms with E-state index in [2.05, 4.69) is 20.5 Å². The number of likely N-dealkylation sites (tertiary alicyclic amines) is 2. The minimum Gasteiger partial charge on any atom is -0.355 e. The number of rotatable bonds is 10. The fourth-order valence-electron chi connectivity index (χ4n) is 5.87. The van der Waals surface area contributed by atoms with E-state index in [0.717, 1.165) is 74.8 Å². The number of fused-ring (bicyclic) bond motifs is 1. The molecule has 2 saturated heterocycles. The molecule has 3 amide bonds. The topological polar surface area (TPSA) is 110 Å². The minimum atomic E-state index is -0.364. The van der Waals surface area contributed by atoms with Crippen molar-refractivity contribution in [2.45, 2.75) is 64.0 Å². The smallest absolute Gasteiger partial charge is 0.254 e. The maximum atomic E-state index is 13.4. The summed E-state index contributed by atoms with van der Waals surface area (Å²) in [6.07, 6.45) is 6.23. The highest BCUT2D eigenvalue weighted by molar-refractivity contribution is 6.31. The van der Waals surface area contributed by atoms with Gasteiger partial charge in [-0.3, -0.25) is 19.3 Å². The van der Waals surface area contributed by atoms with E-state index < -0.39 is 0 Å². The lowest BCUT2D eigenvalue weighted by atomic mass is 10.0. The number of carbonyl (C=O) groups excluding carboxylic acids is 3. The van der Waals surface area contributed by atoms with Gasteiger partial charge < -0.3 is 20.5 Å². The van der Waals surface area contributed by atoms with E-state index in [4.69, 9.17) is 16.6 Å². The fourth-order valence-corrected chi connectivity index (χ4v) is 6.04. The summed E-state index contributed by atoms with van der Waals surface area (Å²) in [5.74, 6) is 0.544. The van der Waals surface area contributed by atoms with Crippen LogP contribution in [0.25, 0.3) is 11.0 Å². The van der Waals surface area contributed by atoms with E-state index in [-0.39, 0.29) is 29.8 Å². The molecule has 0 aliphatic carbocycles. The Morgan fingerprint density at radius 1 is 1.07 bits per heavy atom. The molecule has 2 aliphatic heterocycles. The molecule has 2 aliphatic rings. The molecule has 0 saturated carbocycles. The van der Waals surface area contributed by atoms with Crippen molar-refractivity contribution >= 4 is 40.4 Å². The normalized spacial score (nSPS) is 18.1. The van der Waals surface area contributed by atoms with Crippen molar-refractivity contribution in [2.75, 3.05) is 33.2 Å². The number of aromatic nitrogens is 2. The van der Waals surface area contributed by atoms with Crippen molar-refractivity contribution in [1.82, 2.24) is 30.4 Å². The van der Waals surface area contributed by atoms with Crippen molar-refractivity contribution in [3.8, 4) is 0 Å². The summed E-state index contributed by atoms with van der Waals surface area (Å²) in [6, 6.07) is 10.3. The van der Waals surface area contributed by atoms with Crippen LogP contribution in [0.4, 0.5) is 0 Å². The van der Waals surface area contributed by atoms with Crippen LogP contribution in [0.1, 0.15) is 83.1 Å². The van der Waals surface area contributed by atoms with E-state index in [0.29, 0.717) is 34.9 Å². The molecule has 1 aromatic heterocycles. The Balaban J connectivity index is 1.25. The zero-order valence-electron chi connectivity index (χ0n) is 23.8. The van der Waals surface area contributed by atoms with E-state index >= 15 is 0 Å². The summed E-state index contributed by atoms with van der Waals surface area (Å²) < 4.78 is 0. The van der Waals surface area contributed by atoms with Gasteiger partial charge >= 0.3 is 0 Å². The molecule has 2 atom stereocenters. The lowest BCUT2D eigenvalue weighted by molar-refractivity contribution is -0.125. The van der Waals surface area contributed by atoms with Crippen LogP contribution in [0.5, 0.6) is 0 Å². The number of hydrogen-bond donors (Lipinski definition) is 3. The number of halogens is 1. The second-order valence-corrected chi connectivity index (χ2v) is 11.7. The van der Waals surface area contributed by atoms with Crippen LogP contribution >= 0.6 is 11.6 Å². The van der Waals surface area contributed by atoms with Gasteiger partial charge in [-0.1, -0.05) is 11.6 Å². The number of nitrogens with zero attached hydrogens (tertiary/aromatic N) is 3. The number of amides is 3. The Hall–Kier alpha value is -3.43. The lowest BCUT2D eigenvalue weighted by Gasteiger charge is -2.20. The molecule has 41 heavy (non-hydrogen) atoms. The van der Waals surface area contributed by atoms with E-state index in [9.17, 15) is 14.4 Å². The predicted molar refractivity (Wildman–Crippen MR) is 160 cm³/mol. The van der Waals surface area contributed by atoms with Crippen LogP contribution in [-0.4, -0.2) is 76.8 Å². The van der Waals surface area contributed by atoms with E-state index in [1.54, 1.807) is 24.3 Å². The van der Waals surface area contributed by atoms with Crippen LogP contribution in [0.15, 0.2) is 36.4 Å². The maximum Gasteiger partial charge on any atom is 0.254 e. The summed E-state index contributed by atoms with van der Waals surface area (Å²) in [5, 5.41) is 6.83. The highest BCUT2D eigenvalue weighted by Gasteiger charge is 2.27. The highest BCUT2D eigenvalue weighted by Crippen LogP contribution is 2.24. The minimum absolute atomic E-state index is 0.0254. The summed E-state index contributed by atoms with van der Waals surface area (Å²) in [7, 11) is 1.99. The Morgan fingerprint density at radius 3 is 2.61 bits per heavy atom. The summed E-state index contributed by atoms with van der Waals surface area (Å²) in [5.41, 5.74) is 3.50. The van der Waals surface area contributed by atoms with Crippen molar-refractivity contribution in [1.29, 1.82) is 0 Å². The first kappa shape index (κ1) is 29.1. The number of hydrogen-bond acceptors (Lipinski definition) is 5. The molecule has 2 fully saturated rings. The first-order chi connectivity index (χ1) is 19.8. The van der Waals surface area contributed by atoms with Gasteiger partial charge in [-0.15, -0.1) is 0 Å². The van der Waals surface area contributed by atoms with Gasteiger partial charge in [0.15, 0.2) is 0 Å². The Labute approximate surface area is 246 Å². The van der Waals surface area contributed by atoms with Gasteiger partial charge in [-0.25, -0.2) is 4.98 Å². The van der Waals surface area contributed by atoms with Crippen LogP contribution in [-0.2, 0) is 4.79 Å². The van der Waals surface area contributed by atoms with Crippen LogP contribution in [0, 0.1) is 6.92 Å². The third-order valence-corrected chi connectivity index (χ3v) is 8.49. The molecule has 3 heterocycles. The number of carbonyl (C=O) groups is 3. The van der Waals surface area contributed by atoms with E-state index in [1.165, 1.54) is 0 Å². The molecule has 0 spiro atoms. The fraction of sp³-hybridized carbons (Fsp3) is 0.484. The van der Waals surface area contributed by atoms with Crippen LogP contribution in [0.2, 0.25) is 5.02 Å². The molecule has 0 bridgehead atoms. The van der Waals surface area contributed by atoms with Gasteiger partial charge in [0.05, 0.1) is 23.1 Å². The van der Waals surface area contributed by atoms with Gasteiger partial charge in [-0.05, 0) is 107 Å². The lowest BCUT2D eigenvalue weighted by Crippen LogP contribution is -2.41. The number of nitrogens with one attached hydrogen (secondary N) is 3. The molecule has 2 aromatic carbocycles. The highest BCUT2D eigenvalue weighted by atomic mass is 35.5. The second kappa shape index (κ2) is 13.0. The molecule has 3 N–H and O–H groups in total. The molecule has 3 aromatic rings. The largest absolute Gasteiger partial charge is 0.355 e. The first-order valence-electron chi connectivity index (χ1n) is 14.6. The molecular weight excluding hydrogens is 540 g/mol. The molecule has 0 radical (unpaired) electrons. The van der Waals surface area contributed by atoms with Crippen molar-refractivity contribution in [3.63, 3.8) is 0 Å². The number of H-pyrrole nitrogens is 1. The number of likely N-dealkylation sites (N-methyl/N-ethyl adjacent to an activating group) is 1. The second-order valence-electron chi connectivity index (χ2n) is 11.3. The van der Waals surface area contributed by atoms with Gasteiger partial charge in [0.2, 0.25) is 5.91 Å². The summed E-state index contributed by atoms with van der Waals surface area (Å²) in [4.78, 5) is 50.9. The monoisotopic (exact) mass is 578 g/mol. The number of aryl methyl sites for hydroxylation is 1. The molecule has 9 nitrogen and oxygen atoms in total. The van der Waals surface area contributed by atoms with Gasteiger partial charge in [-0.2, -0.15) is 0 Å². The zero-order valence-corrected chi connectivity index (χ0v) is 24.6. The van der Waals surface area contributed by atoms with Crippen molar-refractivity contribution < 1.29 is 14.4 Å². The third kappa shape index (κ3) is 6.90. The Bertz CT molecular complexity index is 1420. The average Bonchev–Trinajstić information content (AvgIpc) is 3.72. The molecule has 218 valence electrons. The Morgan fingerprint density at radius 2 is 1.88 bits per heavy atom. The van der Waals surface area contributed by atoms with Gasteiger partial charge in [0.25, 0.3) is 11.8 Å². The van der Waals surface area contributed by atoms with E-state index in [1.807, 2.05) is 31.0 Å². The van der Waals surface area contributed by atoms with Crippen molar-refractivity contribution in [2.24, 2.45) is 0 Å². The van der Waals surface area contributed by atoms with Crippen LogP contribution < -0.4 is 10.6 Å². The zero-order chi connectivity index (χ0) is 28.9. The molecule has 5 rings (SSSR count). The van der Waals surface area contributed by atoms with Gasteiger partial charge in [0, 0.05) is 35.8 Å². The molecule has 2 unspecified atom stereocenters. The summed E-state index contributed by atoms with van der Waals surface area (Å²) in [6.45, 7) is 4.99. The van der Waals surface area contributed by atoms with Crippen LogP contribution in [0.3, 0.4) is 0 Å². The molecular formula is C31H39ClN6O3. The van der Waals surface area contributed by atoms with Crippen molar-refractivity contribution in [3.05, 3.63) is 63.9 Å². The predicted octanol–water partition coefficient (Wildman–Crippen LogP) is 4.61. The standard InChI is InChI=1S/C31H39ClN6O3/c1-20-18-21(10-12-23(20)31(41)38-16-5-6-17-38)29(39)36-25(28-34-24-13-11-22(32)19-26(24)35-28)8-3-4-14-33-30(40)27-9-7-15-37(27)2/h10-13,18-19,25,27H,3-9,14-17H2,1-2H3,(H,33,40)(H,34,35)(H,36,39). The average molecular weight is 579 g/mol. The number of unbranched alkanes of at least 4 members (excludes halogenated alkanes) is 1. The quantitative estimate of drug-likeness (QED) is 0.304. The SMILES string of the molecule is Cc1cc(C(=O)NC(CCCCNC(=O)C2CCCN2C)c2nc3ccc(Cl)cc3[nH]2)ccc1C(=O)N1CCCC1. The Kier molecular flexibility index (Phi) is 9.25. The van der Waals surface area contributed by atoms with Gasteiger partial charge in [0.1, 0.15) is 5.82 Å². The number of benzene rings is 2. The number of aromatic amines is 1. The molecule has 10 heteroatoms. The number of imidazole rings is 1. The first-order valence-corrected chi connectivity index (χ1v) is 15.0. The third-order valence-electron chi connectivity index (χ3n) is 8.25.